The average molecular weight is 340 g/mol. The van der Waals surface area contributed by atoms with Crippen LogP contribution in [0.5, 0.6) is 5.75 Å². The minimum Gasteiger partial charge on any atom is -0.443 e. The van der Waals surface area contributed by atoms with E-state index in [9.17, 15) is 9.59 Å². The lowest BCUT2D eigenvalue weighted by Crippen LogP contribution is -2.29. The molecule has 0 saturated heterocycles. The van der Waals surface area contributed by atoms with Crippen LogP contribution in [0.25, 0.3) is 0 Å². The number of ether oxygens (including phenoxy) is 2. The third kappa shape index (κ3) is 6.47. The van der Waals surface area contributed by atoms with Crippen LogP contribution in [-0.4, -0.2) is 23.9 Å². The third-order valence-electron chi connectivity index (χ3n) is 2.87. The summed E-state index contributed by atoms with van der Waals surface area (Å²) in [7, 11) is 0. The van der Waals surface area contributed by atoms with Crippen LogP contribution in [0.15, 0.2) is 59.7 Å². The number of hydrazone groups is 1. The predicted octanol–water partition coefficient (Wildman–Crippen LogP) is 3.76. The number of hydrogen-bond acceptors (Lipinski definition) is 5. The van der Waals surface area contributed by atoms with Gasteiger partial charge in [-0.25, -0.2) is 15.0 Å². The summed E-state index contributed by atoms with van der Waals surface area (Å²) < 4.78 is 10.3. The van der Waals surface area contributed by atoms with Gasteiger partial charge in [-0.1, -0.05) is 18.2 Å². The molecule has 0 aliphatic rings. The van der Waals surface area contributed by atoms with E-state index in [0.717, 1.165) is 5.56 Å². The van der Waals surface area contributed by atoms with E-state index in [2.05, 4.69) is 10.5 Å². The van der Waals surface area contributed by atoms with E-state index in [4.69, 9.17) is 9.47 Å². The Morgan fingerprint density at radius 3 is 2.24 bits per heavy atom. The Balaban J connectivity index is 1.88. The molecule has 0 aromatic heterocycles. The topological polar surface area (TPSA) is 77.0 Å². The first kappa shape index (κ1) is 18.2. The van der Waals surface area contributed by atoms with Gasteiger partial charge in [0, 0.05) is 0 Å². The highest BCUT2D eigenvalue weighted by atomic mass is 16.6. The van der Waals surface area contributed by atoms with Crippen molar-refractivity contribution in [1.82, 2.24) is 5.43 Å². The molecule has 0 atom stereocenters. The molecule has 25 heavy (non-hydrogen) atoms. The van der Waals surface area contributed by atoms with E-state index < -0.39 is 17.7 Å². The Morgan fingerprint density at radius 1 is 1.00 bits per heavy atom. The van der Waals surface area contributed by atoms with Crippen molar-refractivity contribution < 1.29 is 19.1 Å². The highest BCUT2D eigenvalue weighted by Gasteiger charge is 2.15. The molecular formula is C19H20N2O4. The molecular weight excluding hydrogens is 320 g/mol. The van der Waals surface area contributed by atoms with Crippen molar-refractivity contribution in [3.05, 3.63) is 65.7 Å². The summed E-state index contributed by atoms with van der Waals surface area (Å²) >= 11 is 0. The third-order valence-corrected chi connectivity index (χ3v) is 2.87. The second-order valence-electron chi connectivity index (χ2n) is 6.20. The van der Waals surface area contributed by atoms with Crippen LogP contribution in [0.2, 0.25) is 0 Å². The number of amides is 1. The lowest BCUT2D eigenvalue weighted by Gasteiger charge is -2.18. The summed E-state index contributed by atoms with van der Waals surface area (Å²) in [5, 5.41) is 3.81. The zero-order valence-corrected chi connectivity index (χ0v) is 14.4. The number of nitrogens with zero attached hydrogens (tertiary/aromatic N) is 1. The minimum absolute atomic E-state index is 0.422. The number of carbonyl (C=O) groups is 2. The number of carbonyl (C=O) groups excluding carboxylic acids is 2. The summed E-state index contributed by atoms with van der Waals surface area (Å²) in [5.41, 5.74) is 2.91. The zero-order chi connectivity index (χ0) is 18.3. The van der Waals surface area contributed by atoms with Gasteiger partial charge in [0.15, 0.2) is 0 Å². The van der Waals surface area contributed by atoms with Gasteiger partial charge in [-0.3, -0.25) is 0 Å². The largest absolute Gasteiger partial charge is 0.443 e. The van der Waals surface area contributed by atoms with E-state index in [1.165, 1.54) is 6.21 Å². The van der Waals surface area contributed by atoms with Crippen molar-refractivity contribution in [2.45, 2.75) is 26.4 Å². The Morgan fingerprint density at radius 2 is 1.64 bits per heavy atom. The van der Waals surface area contributed by atoms with E-state index in [0.29, 0.717) is 11.3 Å². The van der Waals surface area contributed by atoms with Crippen molar-refractivity contribution in [3.8, 4) is 5.75 Å². The standard InChI is InChI=1S/C19H20N2O4/c1-19(2,3)25-18(23)21-20-13-14-9-11-16(12-10-14)24-17(22)15-7-5-4-6-8-15/h4-13H,1-3H3,(H,21,23). The maximum Gasteiger partial charge on any atom is 0.428 e. The van der Waals surface area contributed by atoms with Crippen molar-refractivity contribution in [2.24, 2.45) is 5.10 Å². The number of nitrogens with one attached hydrogen (secondary N) is 1. The summed E-state index contributed by atoms with van der Waals surface area (Å²) in [6.07, 6.45) is 0.837. The predicted molar refractivity (Wildman–Crippen MR) is 94.8 cm³/mol. The number of benzene rings is 2. The summed E-state index contributed by atoms with van der Waals surface area (Å²) in [6.45, 7) is 5.31. The number of rotatable bonds is 4. The monoisotopic (exact) mass is 340 g/mol. The zero-order valence-electron chi connectivity index (χ0n) is 14.4. The molecule has 1 N–H and O–H groups in total. The summed E-state index contributed by atoms with van der Waals surface area (Å²) in [5.74, 6) is -0.000265. The first-order valence-corrected chi connectivity index (χ1v) is 7.73. The molecule has 0 unspecified atom stereocenters. The van der Waals surface area contributed by atoms with Crippen LogP contribution < -0.4 is 10.2 Å². The molecule has 2 aromatic carbocycles. The molecule has 1 amide bonds. The lowest BCUT2D eigenvalue weighted by molar-refractivity contribution is 0.0529. The van der Waals surface area contributed by atoms with Gasteiger partial charge < -0.3 is 9.47 Å². The smallest absolute Gasteiger partial charge is 0.428 e. The second kappa shape index (κ2) is 8.10. The molecule has 130 valence electrons. The van der Waals surface area contributed by atoms with Crippen molar-refractivity contribution in [3.63, 3.8) is 0 Å². The normalized spacial score (nSPS) is 11.2. The summed E-state index contributed by atoms with van der Waals surface area (Å²) in [6, 6.07) is 15.5. The highest BCUT2D eigenvalue weighted by molar-refractivity contribution is 5.91. The fraction of sp³-hybridized carbons (Fsp3) is 0.211. The Hall–Kier alpha value is -3.15. The van der Waals surface area contributed by atoms with Crippen molar-refractivity contribution in [1.29, 1.82) is 0 Å². The Labute approximate surface area is 146 Å². The molecule has 0 spiro atoms. The van der Waals surface area contributed by atoms with E-state index in [1.807, 2.05) is 6.07 Å². The van der Waals surface area contributed by atoms with Gasteiger partial charge in [-0.15, -0.1) is 0 Å². The maximum absolute atomic E-state index is 12.0. The van der Waals surface area contributed by atoms with Gasteiger partial charge in [-0.05, 0) is 62.7 Å². The Bertz CT molecular complexity index is 747. The molecule has 0 aliphatic carbocycles. The maximum atomic E-state index is 12.0. The van der Waals surface area contributed by atoms with E-state index >= 15 is 0 Å². The first-order valence-electron chi connectivity index (χ1n) is 7.73. The number of hydrogen-bond donors (Lipinski definition) is 1. The van der Waals surface area contributed by atoms with Crippen LogP contribution >= 0.6 is 0 Å². The fourth-order valence-corrected chi connectivity index (χ4v) is 1.82. The van der Waals surface area contributed by atoms with Crippen molar-refractivity contribution in [2.75, 3.05) is 0 Å². The molecule has 0 bridgehead atoms. The average Bonchev–Trinajstić information content (AvgIpc) is 2.55. The van der Waals surface area contributed by atoms with Gasteiger partial charge in [-0.2, -0.15) is 5.10 Å². The van der Waals surface area contributed by atoms with Crippen LogP contribution in [0.1, 0.15) is 36.7 Å². The first-order chi connectivity index (χ1) is 11.8. The van der Waals surface area contributed by atoms with Gasteiger partial charge in [0.2, 0.25) is 0 Å². The molecule has 0 saturated carbocycles. The molecule has 0 heterocycles. The van der Waals surface area contributed by atoms with Gasteiger partial charge in [0.05, 0.1) is 11.8 Å². The van der Waals surface area contributed by atoms with Crippen LogP contribution in [0.4, 0.5) is 4.79 Å². The molecule has 6 heteroatoms. The van der Waals surface area contributed by atoms with Gasteiger partial charge in [0.1, 0.15) is 11.4 Å². The second-order valence-corrected chi connectivity index (χ2v) is 6.20. The van der Waals surface area contributed by atoms with Gasteiger partial charge in [0.25, 0.3) is 0 Å². The van der Waals surface area contributed by atoms with Crippen LogP contribution in [-0.2, 0) is 4.74 Å². The van der Waals surface area contributed by atoms with Crippen LogP contribution in [0.3, 0.4) is 0 Å². The minimum atomic E-state index is -0.628. The molecule has 0 radical (unpaired) electrons. The SMILES string of the molecule is CC(C)(C)OC(=O)NN=Cc1ccc(OC(=O)c2ccccc2)cc1. The Kier molecular flexibility index (Phi) is 5.89. The molecule has 2 aromatic rings. The molecule has 0 fully saturated rings. The molecule has 6 nitrogen and oxygen atoms in total. The summed E-state index contributed by atoms with van der Waals surface area (Å²) in [4.78, 5) is 23.4. The van der Waals surface area contributed by atoms with Crippen LogP contribution in [0, 0.1) is 0 Å². The quantitative estimate of drug-likeness (QED) is 0.398. The molecule has 0 aliphatic heterocycles. The lowest BCUT2D eigenvalue weighted by atomic mass is 10.2. The van der Waals surface area contributed by atoms with Crippen molar-refractivity contribution >= 4 is 18.3 Å². The highest BCUT2D eigenvalue weighted by Crippen LogP contribution is 2.13. The fourth-order valence-electron chi connectivity index (χ4n) is 1.82. The molecule has 2 rings (SSSR count). The van der Waals surface area contributed by atoms with E-state index in [1.54, 1.807) is 69.3 Å². The number of esters is 1. The van der Waals surface area contributed by atoms with Gasteiger partial charge >= 0.3 is 12.1 Å². The van der Waals surface area contributed by atoms with E-state index in [-0.39, 0.29) is 0 Å².